The van der Waals surface area contributed by atoms with Crippen LogP contribution in [0.1, 0.15) is 24.8 Å². The summed E-state index contributed by atoms with van der Waals surface area (Å²) in [6.45, 7) is 2.68. The molecule has 1 fully saturated rings. The maximum absolute atomic E-state index is 11.2. The molecule has 2 rings (SSSR count). The van der Waals surface area contributed by atoms with E-state index >= 15 is 0 Å². The van der Waals surface area contributed by atoms with Crippen molar-refractivity contribution in [3.63, 3.8) is 0 Å². The summed E-state index contributed by atoms with van der Waals surface area (Å²) in [4.78, 5) is 12.9. The van der Waals surface area contributed by atoms with Crippen LogP contribution in [0, 0.1) is 27.4 Å². The molecule has 0 atom stereocenters. The fraction of sp³-hybridized carbons (Fsp3) is 0.533. The zero-order valence-corrected chi connectivity index (χ0v) is 12.2. The molecule has 1 heterocycles. The van der Waals surface area contributed by atoms with Crippen LogP contribution in [0.15, 0.2) is 18.2 Å². The Morgan fingerprint density at radius 2 is 2.19 bits per heavy atom. The van der Waals surface area contributed by atoms with Gasteiger partial charge in [-0.05, 0) is 50.9 Å². The molecule has 0 unspecified atom stereocenters. The fourth-order valence-corrected chi connectivity index (χ4v) is 2.82. The van der Waals surface area contributed by atoms with Gasteiger partial charge in [-0.1, -0.05) is 0 Å². The van der Waals surface area contributed by atoms with Crippen LogP contribution in [0.4, 0.5) is 11.4 Å². The first kappa shape index (κ1) is 15.3. The van der Waals surface area contributed by atoms with Crippen molar-refractivity contribution in [3.8, 4) is 6.07 Å². The lowest BCUT2D eigenvalue weighted by molar-refractivity contribution is -0.384. The normalized spacial score (nSPS) is 15.7. The number of nitrogens with zero attached hydrogens (tertiary/aromatic N) is 3. The van der Waals surface area contributed by atoms with Gasteiger partial charge in [-0.2, -0.15) is 5.26 Å². The molecule has 6 nitrogen and oxygen atoms in total. The van der Waals surface area contributed by atoms with Gasteiger partial charge < -0.3 is 10.2 Å². The van der Waals surface area contributed by atoms with E-state index in [0.29, 0.717) is 17.2 Å². The van der Waals surface area contributed by atoms with E-state index in [2.05, 4.69) is 10.2 Å². The first-order valence-corrected chi connectivity index (χ1v) is 7.23. The third kappa shape index (κ3) is 3.70. The van der Waals surface area contributed by atoms with Crippen LogP contribution in [-0.2, 0) is 0 Å². The first-order chi connectivity index (χ1) is 10.2. The lowest BCUT2D eigenvalue weighted by Crippen LogP contribution is -2.34. The molecule has 1 aliphatic rings. The third-order valence-electron chi connectivity index (χ3n) is 4.06. The molecule has 1 saturated heterocycles. The molecular weight excluding hydrogens is 268 g/mol. The molecule has 1 aromatic rings. The van der Waals surface area contributed by atoms with Crippen molar-refractivity contribution < 1.29 is 4.92 Å². The Kier molecular flexibility index (Phi) is 5.12. The number of nitrogens with one attached hydrogen (secondary N) is 1. The number of hydrogen-bond acceptors (Lipinski definition) is 5. The number of rotatable bonds is 5. The summed E-state index contributed by atoms with van der Waals surface area (Å²) in [5, 5.41) is 23.2. The van der Waals surface area contributed by atoms with Crippen molar-refractivity contribution in [2.75, 3.05) is 31.6 Å². The molecule has 0 aliphatic carbocycles. The lowest BCUT2D eigenvalue weighted by atomic mass is 9.93. The van der Waals surface area contributed by atoms with E-state index in [4.69, 9.17) is 5.26 Å². The first-order valence-electron chi connectivity index (χ1n) is 7.23. The van der Waals surface area contributed by atoms with E-state index in [9.17, 15) is 10.1 Å². The summed E-state index contributed by atoms with van der Waals surface area (Å²) in [7, 11) is 1.95. The van der Waals surface area contributed by atoms with Crippen molar-refractivity contribution in [3.05, 3.63) is 33.9 Å². The SMILES string of the molecule is CNCCC1CCN(c2ccc(C#N)cc2[N+](=O)[O-])CC1. The number of nitro benzene ring substituents is 1. The standard InChI is InChI=1S/C15H20N4O2/c1-17-7-4-12-5-8-18(9-6-12)14-3-2-13(11-16)10-15(14)19(20)21/h2-3,10,12,17H,4-9H2,1H3. The summed E-state index contributed by atoms with van der Waals surface area (Å²) in [5.74, 6) is 0.686. The molecule has 1 aliphatic heterocycles. The average Bonchev–Trinajstić information content (AvgIpc) is 2.52. The maximum Gasteiger partial charge on any atom is 0.293 e. The van der Waals surface area contributed by atoms with Crippen LogP contribution in [0.5, 0.6) is 0 Å². The number of piperidine rings is 1. The minimum absolute atomic E-state index is 0.0303. The molecule has 0 radical (unpaired) electrons. The highest BCUT2D eigenvalue weighted by atomic mass is 16.6. The molecule has 0 amide bonds. The van der Waals surface area contributed by atoms with Crippen LogP contribution >= 0.6 is 0 Å². The van der Waals surface area contributed by atoms with Gasteiger partial charge in [0.25, 0.3) is 5.69 Å². The number of nitriles is 1. The number of anilines is 1. The van der Waals surface area contributed by atoms with Gasteiger partial charge in [-0.3, -0.25) is 10.1 Å². The molecular formula is C15H20N4O2. The van der Waals surface area contributed by atoms with E-state index in [1.165, 1.54) is 6.07 Å². The zero-order chi connectivity index (χ0) is 15.2. The summed E-state index contributed by atoms with van der Waals surface area (Å²) in [6, 6.07) is 6.66. The smallest absolute Gasteiger partial charge is 0.293 e. The predicted octanol–water partition coefficient (Wildman–Crippen LogP) is 2.29. The summed E-state index contributed by atoms with van der Waals surface area (Å²) < 4.78 is 0. The Bertz CT molecular complexity index is 545. The average molecular weight is 288 g/mol. The zero-order valence-electron chi connectivity index (χ0n) is 12.2. The molecule has 112 valence electrons. The molecule has 0 bridgehead atoms. The largest absolute Gasteiger partial charge is 0.366 e. The van der Waals surface area contributed by atoms with Crippen molar-refractivity contribution in [1.29, 1.82) is 5.26 Å². The van der Waals surface area contributed by atoms with E-state index in [1.807, 2.05) is 13.1 Å². The quantitative estimate of drug-likeness (QED) is 0.664. The van der Waals surface area contributed by atoms with Crippen molar-refractivity contribution in [1.82, 2.24) is 5.32 Å². The summed E-state index contributed by atoms with van der Waals surface area (Å²) >= 11 is 0. The highest BCUT2D eigenvalue weighted by molar-refractivity contribution is 5.65. The van der Waals surface area contributed by atoms with Crippen LogP contribution < -0.4 is 10.2 Å². The molecule has 0 spiro atoms. The Labute approximate surface area is 124 Å². The second kappa shape index (κ2) is 7.04. The molecule has 21 heavy (non-hydrogen) atoms. The minimum Gasteiger partial charge on any atom is -0.366 e. The van der Waals surface area contributed by atoms with Gasteiger partial charge in [0.15, 0.2) is 0 Å². The monoisotopic (exact) mass is 288 g/mol. The van der Waals surface area contributed by atoms with E-state index < -0.39 is 4.92 Å². The Hall–Kier alpha value is -2.13. The van der Waals surface area contributed by atoms with Gasteiger partial charge >= 0.3 is 0 Å². The van der Waals surface area contributed by atoms with Crippen molar-refractivity contribution >= 4 is 11.4 Å². The van der Waals surface area contributed by atoms with E-state index in [-0.39, 0.29) is 5.69 Å². The molecule has 1 N–H and O–H groups in total. The van der Waals surface area contributed by atoms with Gasteiger partial charge in [-0.15, -0.1) is 0 Å². The highest BCUT2D eigenvalue weighted by Crippen LogP contribution is 2.32. The highest BCUT2D eigenvalue weighted by Gasteiger charge is 2.24. The number of nitro groups is 1. The van der Waals surface area contributed by atoms with Gasteiger partial charge in [0.2, 0.25) is 0 Å². The molecule has 0 aromatic heterocycles. The van der Waals surface area contributed by atoms with E-state index in [0.717, 1.165) is 38.9 Å². The fourth-order valence-electron chi connectivity index (χ4n) is 2.82. The van der Waals surface area contributed by atoms with Gasteiger partial charge in [-0.25, -0.2) is 0 Å². The lowest BCUT2D eigenvalue weighted by Gasteiger charge is -2.33. The number of benzene rings is 1. The topological polar surface area (TPSA) is 82.2 Å². The predicted molar refractivity (Wildman–Crippen MR) is 81.3 cm³/mol. The van der Waals surface area contributed by atoms with Crippen molar-refractivity contribution in [2.24, 2.45) is 5.92 Å². The van der Waals surface area contributed by atoms with E-state index in [1.54, 1.807) is 12.1 Å². The summed E-state index contributed by atoms with van der Waals surface area (Å²) in [5.41, 5.74) is 0.989. The number of hydrogen-bond donors (Lipinski definition) is 1. The van der Waals surface area contributed by atoms with Crippen LogP contribution in [0.2, 0.25) is 0 Å². The van der Waals surface area contributed by atoms with Gasteiger partial charge in [0, 0.05) is 19.2 Å². The molecule has 0 saturated carbocycles. The van der Waals surface area contributed by atoms with Gasteiger partial charge in [0.1, 0.15) is 5.69 Å². The molecule has 6 heteroatoms. The maximum atomic E-state index is 11.2. The minimum atomic E-state index is -0.400. The second-order valence-electron chi connectivity index (χ2n) is 5.40. The Morgan fingerprint density at radius 1 is 1.48 bits per heavy atom. The van der Waals surface area contributed by atoms with Gasteiger partial charge in [0.05, 0.1) is 16.6 Å². The van der Waals surface area contributed by atoms with Crippen LogP contribution in [0.25, 0.3) is 0 Å². The Balaban J connectivity index is 2.10. The van der Waals surface area contributed by atoms with Crippen LogP contribution in [0.3, 0.4) is 0 Å². The second-order valence-corrected chi connectivity index (χ2v) is 5.40. The third-order valence-corrected chi connectivity index (χ3v) is 4.06. The van der Waals surface area contributed by atoms with Crippen LogP contribution in [-0.4, -0.2) is 31.6 Å². The molecule has 1 aromatic carbocycles. The Morgan fingerprint density at radius 3 is 2.76 bits per heavy atom. The summed E-state index contributed by atoms with van der Waals surface area (Å²) in [6.07, 6.45) is 3.26. The van der Waals surface area contributed by atoms with Crippen molar-refractivity contribution in [2.45, 2.75) is 19.3 Å².